The smallest absolute Gasteiger partial charge is 0.126 e. The van der Waals surface area contributed by atoms with Gasteiger partial charge < -0.3 is 9.84 Å². The van der Waals surface area contributed by atoms with E-state index in [0.717, 1.165) is 32.6 Å². The summed E-state index contributed by atoms with van der Waals surface area (Å²) in [6.45, 7) is 2.60. The maximum absolute atomic E-state index is 10.5. The van der Waals surface area contributed by atoms with E-state index < -0.39 is 0 Å². The number of hydrogen-bond donors (Lipinski definition) is 2. The molecule has 3 aromatic carbocycles. The van der Waals surface area contributed by atoms with Gasteiger partial charge in [0.05, 0.1) is 6.61 Å². The molecule has 30 heavy (non-hydrogen) atoms. The lowest BCUT2D eigenvalue weighted by atomic mass is 9.93. The largest absolute Gasteiger partial charge is 0.508 e. The minimum absolute atomic E-state index is 0.0951. The fourth-order valence-electron chi connectivity index (χ4n) is 3.61. The molecule has 0 aliphatic carbocycles. The second-order valence-electron chi connectivity index (χ2n) is 7.11. The fourth-order valence-corrected chi connectivity index (χ4v) is 4.12. The van der Waals surface area contributed by atoms with Crippen LogP contribution in [-0.2, 0) is 0 Å². The number of aliphatic imine (C=N–C) groups is 1. The van der Waals surface area contributed by atoms with Crippen molar-refractivity contribution < 1.29 is 9.84 Å². The monoisotopic (exact) mass is 484 g/mol. The van der Waals surface area contributed by atoms with Crippen LogP contribution >= 0.6 is 27.5 Å². The second kappa shape index (κ2) is 9.21. The topological polar surface area (TPSA) is 53.8 Å². The Labute approximate surface area is 189 Å². The summed E-state index contributed by atoms with van der Waals surface area (Å²) in [6, 6.07) is 21.1. The van der Waals surface area contributed by atoms with Crippen LogP contribution in [0.2, 0.25) is 5.02 Å². The van der Waals surface area contributed by atoms with E-state index >= 15 is 0 Å². The minimum atomic E-state index is -0.249. The Bertz CT molecular complexity index is 1050. The van der Waals surface area contributed by atoms with Gasteiger partial charge in [-0.2, -0.15) is 0 Å². The van der Waals surface area contributed by atoms with Crippen LogP contribution in [0.3, 0.4) is 0 Å². The van der Waals surface area contributed by atoms with Gasteiger partial charge in [-0.1, -0.05) is 39.7 Å². The van der Waals surface area contributed by atoms with E-state index in [4.69, 9.17) is 21.3 Å². The maximum atomic E-state index is 10.5. The summed E-state index contributed by atoms with van der Waals surface area (Å²) >= 11 is 9.59. The molecular weight excluding hydrogens is 464 g/mol. The molecule has 6 heteroatoms. The number of halogens is 2. The molecule has 0 saturated carbocycles. The van der Waals surface area contributed by atoms with Crippen molar-refractivity contribution in [1.82, 2.24) is 5.32 Å². The van der Waals surface area contributed by atoms with E-state index in [-0.39, 0.29) is 18.0 Å². The van der Waals surface area contributed by atoms with Crippen LogP contribution in [0.15, 0.2) is 76.2 Å². The highest BCUT2D eigenvalue weighted by atomic mass is 79.9. The standard InChI is InChI=1S/C24H22BrClN2O2/c1-2-30-19-10-5-15(6-11-19)21-14-22(20-13-17(25)7-12-23(20)29)28-24(27-21)16-3-8-18(26)9-4-16/h3-13,22,24,28-29H,2,14H2,1H3/t22-,24+/m0/s1. The summed E-state index contributed by atoms with van der Waals surface area (Å²) in [5.41, 5.74) is 3.86. The van der Waals surface area contributed by atoms with Crippen molar-refractivity contribution in [3.05, 3.63) is 92.9 Å². The van der Waals surface area contributed by atoms with Crippen molar-refractivity contribution in [3.8, 4) is 11.5 Å². The van der Waals surface area contributed by atoms with Crippen LogP contribution in [0.1, 0.15) is 42.2 Å². The Hall–Kier alpha value is -2.34. The van der Waals surface area contributed by atoms with Gasteiger partial charge in [0.15, 0.2) is 0 Å². The summed E-state index contributed by atoms with van der Waals surface area (Å²) in [6.07, 6.45) is 0.406. The zero-order valence-electron chi connectivity index (χ0n) is 16.5. The number of aromatic hydroxyl groups is 1. The molecule has 0 saturated heterocycles. The average molecular weight is 486 g/mol. The van der Waals surface area contributed by atoms with Crippen molar-refractivity contribution in [3.63, 3.8) is 0 Å². The molecule has 0 unspecified atom stereocenters. The molecule has 0 radical (unpaired) electrons. The molecule has 2 atom stereocenters. The quantitative estimate of drug-likeness (QED) is 0.438. The molecule has 4 rings (SSSR count). The number of phenols is 1. The van der Waals surface area contributed by atoms with E-state index in [1.807, 2.05) is 67.6 Å². The Morgan fingerprint density at radius 1 is 1.10 bits per heavy atom. The van der Waals surface area contributed by atoms with Gasteiger partial charge in [-0.3, -0.25) is 10.3 Å². The molecule has 1 aliphatic rings. The van der Waals surface area contributed by atoms with Crippen molar-refractivity contribution in [2.75, 3.05) is 6.61 Å². The van der Waals surface area contributed by atoms with E-state index in [1.165, 1.54) is 0 Å². The number of phenolic OH excluding ortho intramolecular Hbond substituents is 1. The van der Waals surface area contributed by atoms with Gasteiger partial charge in [0.1, 0.15) is 17.7 Å². The summed E-state index contributed by atoms with van der Waals surface area (Å²) in [4.78, 5) is 4.98. The highest BCUT2D eigenvalue weighted by molar-refractivity contribution is 9.10. The molecule has 3 aromatic rings. The van der Waals surface area contributed by atoms with E-state index in [9.17, 15) is 5.11 Å². The predicted molar refractivity (Wildman–Crippen MR) is 125 cm³/mol. The van der Waals surface area contributed by atoms with Gasteiger partial charge in [-0.05, 0) is 72.6 Å². The zero-order valence-corrected chi connectivity index (χ0v) is 18.8. The first-order valence-electron chi connectivity index (χ1n) is 9.83. The molecule has 0 spiro atoms. The van der Waals surface area contributed by atoms with Gasteiger partial charge in [0, 0.05) is 33.2 Å². The summed E-state index contributed by atoms with van der Waals surface area (Å²) < 4.78 is 6.49. The summed E-state index contributed by atoms with van der Waals surface area (Å²) in [5.74, 6) is 1.10. The van der Waals surface area contributed by atoms with Crippen LogP contribution in [0.25, 0.3) is 0 Å². The number of benzene rings is 3. The first-order chi connectivity index (χ1) is 14.5. The molecule has 154 valence electrons. The van der Waals surface area contributed by atoms with Gasteiger partial charge >= 0.3 is 0 Å². The lowest BCUT2D eigenvalue weighted by Gasteiger charge is -2.31. The Morgan fingerprint density at radius 3 is 2.53 bits per heavy atom. The molecule has 0 fully saturated rings. The first-order valence-corrected chi connectivity index (χ1v) is 11.0. The summed E-state index contributed by atoms with van der Waals surface area (Å²) in [7, 11) is 0. The molecule has 0 bridgehead atoms. The normalized spacial score (nSPS) is 18.7. The third-order valence-electron chi connectivity index (χ3n) is 5.09. The van der Waals surface area contributed by atoms with Crippen LogP contribution in [-0.4, -0.2) is 17.4 Å². The highest BCUT2D eigenvalue weighted by Gasteiger charge is 2.27. The minimum Gasteiger partial charge on any atom is -0.508 e. The Kier molecular flexibility index (Phi) is 6.42. The van der Waals surface area contributed by atoms with Gasteiger partial charge in [0.25, 0.3) is 0 Å². The van der Waals surface area contributed by atoms with Crippen molar-refractivity contribution in [1.29, 1.82) is 0 Å². The van der Waals surface area contributed by atoms with Crippen LogP contribution < -0.4 is 10.1 Å². The van der Waals surface area contributed by atoms with Gasteiger partial charge in [-0.15, -0.1) is 0 Å². The van der Waals surface area contributed by atoms with E-state index in [2.05, 4.69) is 21.2 Å². The van der Waals surface area contributed by atoms with Crippen LogP contribution in [0.5, 0.6) is 11.5 Å². The maximum Gasteiger partial charge on any atom is 0.126 e. The third kappa shape index (κ3) is 4.69. The van der Waals surface area contributed by atoms with E-state index in [0.29, 0.717) is 18.1 Å². The third-order valence-corrected chi connectivity index (χ3v) is 5.84. The number of nitrogens with zero attached hydrogens (tertiary/aromatic N) is 1. The zero-order chi connectivity index (χ0) is 21.1. The first kappa shape index (κ1) is 20.9. The number of nitrogens with one attached hydrogen (secondary N) is 1. The van der Waals surface area contributed by atoms with Crippen molar-refractivity contribution in [2.24, 2.45) is 4.99 Å². The summed E-state index contributed by atoms with van der Waals surface area (Å²) in [5, 5.41) is 14.8. The van der Waals surface area contributed by atoms with Gasteiger partial charge in [-0.25, -0.2) is 0 Å². The molecule has 1 heterocycles. The highest BCUT2D eigenvalue weighted by Crippen LogP contribution is 2.36. The molecule has 1 aliphatic heterocycles. The number of ether oxygens (including phenoxy) is 1. The molecular formula is C24H22BrClN2O2. The molecule has 0 amide bonds. The van der Waals surface area contributed by atoms with Crippen LogP contribution in [0.4, 0.5) is 0 Å². The number of rotatable bonds is 5. The second-order valence-corrected chi connectivity index (χ2v) is 8.47. The van der Waals surface area contributed by atoms with Gasteiger partial charge in [0.2, 0.25) is 0 Å². The Morgan fingerprint density at radius 2 is 1.83 bits per heavy atom. The molecule has 0 aromatic heterocycles. The van der Waals surface area contributed by atoms with E-state index in [1.54, 1.807) is 6.07 Å². The number of hydrogen-bond acceptors (Lipinski definition) is 4. The average Bonchev–Trinajstić information content (AvgIpc) is 2.76. The lowest BCUT2D eigenvalue weighted by molar-refractivity contribution is 0.340. The fraction of sp³-hybridized carbons (Fsp3) is 0.208. The lowest BCUT2D eigenvalue weighted by Crippen LogP contribution is -2.33. The van der Waals surface area contributed by atoms with Crippen molar-refractivity contribution >= 4 is 33.2 Å². The predicted octanol–water partition coefficient (Wildman–Crippen LogP) is 6.43. The SMILES string of the molecule is CCOc1ccc(C2=N[C@@H](c3ccc(Cl)cc3)N[C@H](c3cc(Br)ccc3O)C2)cc1. The van der Waals surface area contributed by atoms with Crippen molar-refractivity contribution in [2.45, 2.75) is 25.6 Å². The molecule has 4 nitrogen and oxygen atoms in total. The molecule has 2 N–H and O–H groups in total. The van der Waals surface area contributed by atoms with Crippen LogP contribution in [0, 0.1) is 0 Å². The Balaban J connectivity index is 1.72.